The third-order valence-electron chi connectivity index (χ3n) is 4.59. The van der Waals surface area contributed by atoms with Crippen molar-refractivity contribution in [3.8, 4) is 5.75 Å². The summed E-state index contributed by atoms with van der Waals surface area (Å²) < 4.78 is 10.7. The summed E-state index contributed by atoms with van der Waals surface area (Å²) >= 11 is 0. The molecule has 2 aromatic rings. The molecule has 0 saturated carbocycles. The van der Waals surface area contributed by atoms with Crippen molar-refractivity contribution in [1.29, 1.82) is 0 Å². The maximum atomic E-state index is 12.5. The highest BCUT2D eigenvalue weighted by molar-refractivity contribution is 5.95. The van der Waals surface area contributed by atoms with Crippen molar-refractivity contribution >= 4 is 17.3 Å². The Morgan fingerprint density at radius 1 is 1.32 bits per heavy atom. The van der Waals surface area contributed by atoms with Gasteiger partial charge in [-0.3, -0.25) is 14.9 Å². The molecule has 0 aliphatic carbocycles. The quantitative estimate of drug-likeness (QED) is 0.411. The summed E-state index contributed by atoms with van der Waals surface area (Å²) in [5.41, 5.74) is 1.59. The second-order valence-corrected chi connectivity index (χ2v) is 6.61. The first-order chi connectivity index (χ1) is 13.6. The van der Waals surface area contributed by atoms with Crippen LogP contribution in [0.2, 0.25) is 0 Å². The number of amides is 1. The average Bonchev–Trinajstić information content (AvgIpc) is 2.72. The molecule has 1 amide bonds. The van der Waals surface area contributed by atoms with E-state index in [1.165, 1.54) is 6.07 Å². The van der Waals surface area contributed by atoms with Gasteiger partial charge >= 0.3 is 0 Å². The smallest absolute Gasteiger partial charge is 0.293 e. The molecule has 1 aliphatic rings. The predicted octanol–water partition coefficient (Wildman–Crippen LogP) is 2.63. The number of carbonyl (C=O) groups excluding carboxylic acids is 1. The first kappa shape index (κ1) is 19.6. The highest BCUT2D eigenvalue weighted by Gasteiger charge is 2.21. The SMILES string of the molecule is COCCNc1ccc(C(=O)NCC2COc3ccccc3C2)cc1[N+](=O)[O-]. The first-order valence-electron chi connectivity index (χ1n) is 9.08. The molecule has 1 heterocycles. The molecule has 8 nitrogen and oxygen atoms in total. The lowest BCUT2D eigenvalue weighted by Gasteiger charge is -2.25. The van der Waals surface area contributed by atoms with Crippen molar-refractivity contribution in [3.05, 3.63) is 63.7 Å². The van der Waals surface area contributed by atoms with Crippen LogP contribution >= 0.6 is 0 Å². The number of nitrogens with zero attached hydrogens (tertiary/aromatic N) is 1. The summed E-state index contributed by atoms with van der Waals surface area (Å²) in [5.74, 6) is 0.700. The van der Waals surface area contributed by atoms with Gasteiger partial charge in [-0.2, -0.15) is 0 Å². The van der Waals surface area contributed by atoms with Crippen molar-refractivity contribution in [2.45, 2.75) is 6.42 Å². The summed E-state index contributed by atoms with van der Waals surface area (Å²) in [6.45, 7) is 1.83. The molecular weight excluding hydrogens is 362 g/mol. The van der Waals surface area contributed by atoms with E-state index in [0.29, 0.717) is 32.0 Å². The standard InChI is InChI=1S/C20H23N3O5/c1-27-9-8-21-17-7-6-16(11-18(17)23(25)26)20(24)22-12-14-10-15-4-2-3-5-19(15)28-13-14/h2-7,11,14,21H,8-10,12-13H2,1H3,(H,22,24). The van der Waals surface area contributed by atoms with Gasteiger partial charge in [-0.15, -0.1) is 0 Å². The molecule has 2 N–H and O–H groups in total. The van der Waals surface area contributed by atoms with Crippen molar-refractivity contribution < 1.29 is 19.2 Å². The monoisotopic (exact) mass is 385 g/mol. The highest BCUT2D eigenvalue weighted by atomic mass is 16.6. The molecular formula is C20H23N3O5. The third-order valence-corrected chi connectivity index (χ3v) is 4.59. The second kappa shape index (κ2) is 9.18. The van der Waals surface area contributed by atoms with Gasteiger partial charge in [-0.25, -0.2) is 0 Å². The lowest BCUT2D eigenvalue weighted by atomic mass is 9.96. The third kappa shape index (κ3) is 4.77. The number of ether oxygens (including phenoxy) is 2. The number of nitrogens with one attached hydrogen (secondary N) is 2. The van der Waals surface area contributed by atoms with Crippen LogP contribution in [-0.2, 0) is 11.2 Å². The average molecular weight is 385 g/mol. The molecule has 2 aromatic carbocycles. The Labute approximate surface area is 163 Å². The van der Waals surface area contributed by atoms with E-state index in [1.54, 1.807) is 19.2 Å². The number of para-hydroxylation sites is 1. The summed E-state index contributed by atoms with van der Waals surface area (Å²) in [7, 11) is 1.56. The molecule has 0 spiro atoms. The van der Waals surface area contributed by atoms with Gasteiger partial charge in [0.2, 0.25) is 0 Å². The highest BCUT2D eigenvalue weighted by Crippen LogP contribution is 2.27. The minimum absolute atomic E-state index is 0.140. The van der Waals surface area contributed by atoms with Gasteiger partial charge in [0.05, 0.1) is 18.1 Å². The van der Waals surface area contributed by atoms with Crippen LogP contribution in [0.5, 0.6) is 5.75 Å². The van der Waals surface area contributed by atoms with Crippen LogP contribution in [0.25, 0.3) is 0 Å². The van der Waals surface area contributed by atoms with Gasteiger partial charge in [0, 0.05) is 37.7 Å². The molecule has 0 radical (unpaired) electrons. The Bertz CT molecular complexity index is 855. The maximum Gasteiger partial charge on any atom is 0.293 e. The first-order valence-corrected chi connectivity index (χ1v) is 9.08. The molecule has 0 bridgehead atoms. The van der Waals surface area contributed by atoms with Gasteiger partial charge < -0.3 is 20.1 Å². The van der Waals surface area contributed by atoms with E-state index in [-0.39, 0.29) is 23.1 Å². The second-order valence-electron chi connectivity index (χ2n) is 6.61. The van der Waals surface area contributed by atoms with Crippen LogP contribution in [0.4, 0.5) is 11.4 Å². The van der Waals surface area contributed by atoms with Gasteiger partial charge in [0.1, 0.15) is 11.4 Å². The van der Waals surface area contributed by atoms with Gasteiger partial charge in [0.25, 0.3) is 11.6 Å². The largest absolute Gasteiger partial charge is 0.493 e. The molecule has 3 rings (SSSR count). The summed E-state index contributed by atoms with van der Waals surface area (Å²) in [6.07, 6.45) is 0.818. The fourth-order valence-electron chi connectivity index (χ4n) is 3.12. The Balaban J connectivity index is 1.61. The number of hydrogen-bond acceptors (Lipinski definition) is 6. The lowest BCUT2D eigenvalue weighted by Crippen LogP contribution is -2.34. The summed E-state index contributed by atoms with van der Waals surface area (Å²) in [4.78, 5) is 23.3. The molecule has 1 unspecified atom stereocenters. The van der Waals surface area contributed by atoms with Crippen LogP contribution in [0.3, 0.4) is 0 Å². The van der Waals surface area contributed by atoms with E-state index in [4.69, 9.17) is 9.47 Å². The number of fused-ring (bicyclic) bond motifs is 1. The Kier molecular flexibility index (Phi) is 6.44. The number of anilines is 1. The zero-order chi connectivity index (χ0) is 19.9. The van der Waals surface area contributed by atoms with Gasteiger partial charge in [-0.05, 0) is 30.2 Å². The molecule has 1 aliphatic heterocycles. The number of carbonyl (C=O) groups is 1. The van der Waals surface area contributed by atoms with E-state index < -0.39 is 4.92 Å². The van der Waals surface area contributed by atoms with Crippen LogP contribution in [0, 0.1) is 16.0 Å². The van der Waals surface area contributed by atoms with E-state index in [0.717, 1.165) is 17.7 Å². The lowest BCUT2D eigenvalue weighted by molar-refractivity contribution is -0.384. The van der Waals surface area contributed by atoms with E-state index >= 15 is 0 Å². The number of nitro groups is 1. The fourth-order valence-corrected chi connectivity index (χ4v) is 3.12. The van der Waals surface area contributed by atoms with Crippen molar-refractivity contribution in [2.24, 2.45) is 5.92 Å². The van der Waals surface area contributed by atoms with E-state index in [1.807, 2.05) is 24.3 Å². The number of benzene rings is 2. The molecule has 0 fully saturated rings. The zero-order valence-corrected chi connectivity index (χ0v) is 15.6. The topological polar surface area (TPSA) is 103 Å². The maximum absolute atomic E-state index is 12.5. The molecule has 0 aromatic heterocycles. The molecule has 148 valence electrons. The van der Waals surface area contributed by atoms with Crippen molar-refractivity contribution in [2.75, 3.05) is 38.7 Å². The normalized spacial score (nSPS) is 15.2. The number of rotatable bonds is 8. The van der Waals surface area contributed by atoms with Crippen LogP contribution in [-0.4, -0.2) is 44.2 Å². The van der Waals surface area contributed by atoms with Gasteiger partial charge in [0.15, 0.2) is 0 Å². The molecule has 8 heteroatoms. The number of nitro benzene ring substituents is 1. The van der Waals surface area contributed by atoms with Crippen LogP contribution in [0.1, 0.15) is 15.9 Å². The Morgan fingerprint density at radius 2 is 2.14 bits per heavy atom. The van der Waals surface area contributed by atoms with E-state index in [9.17, 15) is 14.9 Å². The van der Waals surface area contributed by atoms with Crippen LogP contribution in [0.15, 0.2) is 42.5 Å². The summed E-state index contributed by atoms with van der Waals surface area (Å²) in [6, 6.07) is 12.3. The minimum Gasteiger partial charge on any atom is -0.493 e. The molecule has 1 atom stereocenters. The zero-order valence-electron chi connectivity index (χ0n) is 15.6. The van der Waals surface area contributed by atoms with Gasteiger partial charge in [-0.1, -0.05) is 18.2 Å². The Hall–Kier alpha value is -3.13. The van der Waals surface area contributed by atoms with Crippen LogP contribution < -0.4 is 15.4 Å². The Morgan fingerprint density at radius 3 is 2.93 bits per heavy atom. The van der Waals surface area contributed by atoms with Crippen molar-refractivity contribution in [1.82, 2.24) is 5.32 Å². The molecule has 0 saturated heterocycles. The minimum atomic E-state index is -0.502. The molecule has 28 heavy (non-hydrogen) atoms. The number of hydrogen-bond donors (Lipinski definition) is 2. The fraction of sp³-hybridized carbons (Fsp3) is 0.350. The summed E-state index contributed by atoms with van der Waals surface area (Å²) in [5, 5.41) is 17.1. The van der Waals surface area contributed by atoms with Crippen molar-refractivity contribution in [3.63, 3.8) is 0 Å². The predicted molar refractivity (Wildman–Crippen MR) is 105 cm³/mol. The number of methoxy groups -OCH3 is 1. The van der Waals surface area contributed by atoms with E-state index in [2.05, 4.69) is 10.6 Å².